The minimum atomic E-state index is -2.09. The standard InChI is InChI=1S/C64H72O25/c1-3-4-30-77-63-55(86-60(76)40-28-18-9-19-29-40)53(84-58(74)38-24-14-7-15-25-38)51(44(83-63)34-79-57(73)37-22-12-6-13-23-37)88-64-54(85-59(75)39-26-16-8-17-27-39)52(47(69)43(82-64)33-78-56(72)36-20-10-5-11-21-36)89-61-35(2)45(67)50(42(32-66)81-61)87-62-49(71)48(70)46(68)41(31-65)80-62/h5-29,35,41-55,61-71H,3-4,30-34H2,1-2H3/t35-,41?,42?,43?,44?,45?,46-,47-,48?,49-,50+,51+,52?,53?,54-,55-,61-,62-,63+,64-/m0/s1. The van der Waals surface area contributed by atoms with Crippen molar-refractivity contribution < 1.29 is 121 Å². The molecule has 0 bridgehead atoms. The van der Waals surface area contributed by atoms with Gasteiger partial charge >= 0.3 is 29.8 Å². The molecule has 8 unspecified atom stereocenters. The van der Waals surface area contributed by atoms with Crippen molar-refractivity contribution in [3.8, 4) is 0 Å². The Morgan fingerprint density at radius 3 is 1.25 bits per heavy atom. The van der Waals surface area contributed by atoms with Gasteiger partial charge in [0.25, 0.3) is 0 Å². The molecule has 4 fully saturated rings. The van der Waals surface area contributed by atoms with E-state index in [4.69, 9.17) is 61.6 Å². The Hall–Kier alpha value is -7.15. The van der Waals surface area contributed by atoms with Crippen LogP contribution >= 0.6 is 0 Å². The zero-order valence-corrected chi connectivity index (χ0v) is 48.4. The summed E-state index contributed by atoms with van der Waals surface area (Å²) >= 11 is 0. The molecule has 4 saturated heterocycles. The first-order valence-corrected chi connectivity index (χ1v) is 29.1. The van der Waals surface area contributed by atoms with Crippen LogP contribution in [-0.4, -0.2) is 215 Å². The second-order valence-corrected chi connectivity index (χ2v) is 21.5. The maximum atomic E-state index is 14.6. The van der Waals surface area contributed by atoms with Gasteiger partial charge in [0.2, 0.25) is 0 Å². The first kappa shape index (κ1) is 66.3. The van der Waals surface area contributed by atoms with Gasteiger partial charge in [0.15, 0.2) is 43.5 Å². The van der Waals surface area contributed by atoms with Gasteiger partial charge in [0.1, 0.15) is 80.4 Å². The highest BCUT2D eigenvalue weighted by Crippen LogP contribution is 2.39. The third kappa shape index (κ3) is 16.3. The van der Waals surface area contributed by atoms with Gasteiger partial charge in [-0.3, -0.25) is 0 Å². The summed E-state index contributed by atoms with van der Waals surface area (Å²) in [7, 11) is 0. The number of hydrogen-bond donors (Lipinski definition) is 7. The maximum Gasteiger partial charge on any atom is 0.338 e. The first-order chi connectivity index (χ1) is 43.1. The number of benzene rings is 5. The number of ether oxygens (including phenoxy) is 13. The fourth-order valence-corrected chi connectivity index (χ4v) is 10.4. The van der Waals surface area contributed by atoms with Crippen LogP contribution in [0.15, 0.2) is 152 Å². The van der Waals surface area contributed by atoms with E-state index in [1.165, 1.54) is 67.6 Å². The number of unbranched alkanes of at least 4 members (excludes halogenated alkanes) is 1. The summed E-state index contributed by atoms with van der Waals surface area (Å²) in [6.45, 7) is 0.128. The van der Waals surface area contributed by atoms with Gasteiger partial charge in [-0.15, -0.1) is 0 Å². The Morgan fingerprint density at radius 2 is 0.775 bits per heavy atom. The summed E-state index contributed by atoms with van der Waals surface area (Å²) in [5.41, 5.74) is 0.278. The maximum absolute atomic E-state index is 14.6. The van der Waals surface area contributed by atoms with E-state index in [2.05, 4.69) is 0 Å². The van der Waals surface area contributed by atoms with Gasteiger partial charge in [0, 0.05) is 12.5 Å². The normalized spacial score (nSPS) is 32.0. The van der Waals surface area contributed by atoms with Crippen LogP contribution in [0.3, 0.4) is 0 Å². The Morgan fingerprint density at radius 1 is 0.382 bits per heavy atom. The number of rotatable bonds is 24. The molecule has 9 rings (SSSR count). The Bertz CT molecular complexity index is 3030. The summed E-state index contributed by atoms with van der Waals surface area (Å²) in [5, 5.41) is 77.3. The molecule has 25 nitrogen and oxygen atoms in total. The quantitative estimate of drug-likeness (QED) is 0.0265. The Kier molecular flexibility index (Phi) is 23.5. The van der Waals surface area contributed by atoms with E-state index < -0.39 is 179 Å². The molecule has 7 N–H and O–H groups in total. The van der Waals surface area contributed by atoms with Crippen LogP contribution in [0.25, 0.3) is 0 Å². The molecule has 5 aromatic carbocycles. The molecule has 25 heteroatoms. The monoisotopic (exact) mass is 1240 g/mol. The van der Waals surface area contributed by atoms with Crippen LogP contribution in [0.1, 0.15) is 78.5 Å². The summed E-state index contributed by atoms with van der Waals surface area (Å²) in [6.07, 6.45) is -32.6. The minimum absolute atomic E-state index is 0.0135. The van der Waals surface area contributed by atoms with E-state index in [9.17, 15) is 59.7 Å². The molecule has 0 spiro atoms. The third-order valence-electron chi connectivity index (χ3n) is 15.4. The van der Waals surface area contributed by atoms with Crippen molar-refractivity contribution in [1.29, 1.82) is 0 Å². The summed E-state index contributed by atoms with van der Waals surface area (Å²) < 4.78 is 81.4. The van der Waals surface area contributed by atoms with Crippen molar-refractivity contribution in [2.75, 3.05) is 33.0 Å². The highest BCUT2D eigenvalue weighted by atomic mass is 16.8. The fraction of sp³-hybridized carbons (Fsp3) is 0.453. The number of carbonyl (C=O) groups excluding carboxylic acids is 5. The minimum Gasteiger partial charge on any atom is -0.459 e. The molecule has 5 aromatic rings. The van der Waals surface area contributed by atoms with Gasteiger partial charge in [-0.2, -0.15) is 0 Å². The molecule has 0 amide bonds. The van der Waals surface area contributed by atoms with E-state index in [0.717, 1.165) is 0 Å². The van der Waals surface area contributed by atoms with Gasteiger partial charge < -0.3 is 97.3 Å². The zero-order chi connectivity index (χ0) is 63.1. The van der Waals surface area contributed by atoms with Crippen LogP contribution in [0, 0.1) is 5.92 Å². The molecule has 20 atom stereocenters. The Labute approximate surface area is 511 Å². The zero-order valence-electron chi connectivity index (χ0n) is 48.4. The third-order valence-corrected chi connectivity index (χ3v) is 15.4. The average molecular weight is 1240 g/mol. The Balaban J connectivity index is 1.14. The van der Waals surface area contributed by atoms with Gasteiger partial charge in [-0.1, -0.05) is 111 Å². The smallest absolute Gasteiger partial charge is 0.338 e. The molecule has 4 aliphatic heterocycles. The molecular formula is C64H72O25. The van der Waals surface area contributed by atoms with Gasteiger partial charge in [-0.25, -0.2) is 24.0 Å². The van der Waals surface area contributed by atoms with Crippen molar-refractivity contribution in [2.24, 2.45) is 5.92 Å². The van der Waals surface area contributed by atoms with Crippen LogP contribution in [-0.2, 0) is 61.6 Å². The lowest BCUT2D eigenvalue weighted by Gasteiger charge is -2.50. The SMILES string of the molecule is CCCCO[C@@H]1OC(COC(=O)c2ccccc2)[C@@H](O[C@@H]2OC(COC(=O)c3ccccc3)[C@H](O)C(O[C@@H]3OC(CO)[C@@H](O[C@@H]4OC(CO)[C@H](O)C(O)[C@@H]4O)C(O)[C@@H]3C)[C@@H]2OC(=O)c2ccccc2)C(OC(=O)c2ccccc2)[C@@H]1OC(=O)c1ccccc1. The average Bonchev–Trinajstić information content (AvgIpc) is 0.863. The molecule has 0 saturated carbocycles. The highest BCUT2D eigenvalue weighted by Gasteiger charge is 2.59. The van der Waals surface area contributed by atoms with Gasteiger partial charge in [0.05, 0.1) is 47.1 Å². The lowest BCUT2D eigenvalue weighted by atomic mass is 9.91. The number of aliphatic hydroxyl groups excluding tert-OH is 7. The molecule has 4 heterocycles. The molecule has 89 heavy (non-hydrogen) atoms. The van der Waals surface area contributed by atoms with Crippen LogP contribution in [0.2, 0.25) is 0 Å². The van der Waals surface area contributed by atoms with Crippen LogP contribution in [0.4, 0.5) is 0 Å². The summed E-state index contributed by atoms with van der Waals surface area (Å²) in [5.74, 6) is -5.93. The lowest BCUT2D eigenvalue weighted by Crippen LogP contribution is -2.68. The van der Waals surface area contributed by atoms with Crippen LogP contribution in [0.5, 0.6) is 0 Å². The number of carbonyl (C=O) groups is 5. The second-order valence-electron chi connectivity index (χ2n) is 21.5. The molecule has 0 radical (unpaired) electrons. The van der Waals surface area contributed by atoms with Crippen molar-refractivity contribution in [1.82, 2.24) is 0 Å². The molecule has 0 aromatic heterocycles. The van der Waals surface area contributed by atoms with E-state index >= 15 is 0 Å². The van der Waals surface area contributed by atoms with Crippen molar-refractivity contribution >= 4 is 29.8 Å². The first-order valence-electron chi connectivity index (χ1n) is 29.1. The lowest BCUT2D eigenvalue weighted by molar-refractivity contribution is -0.383. The van der Waals surface area contributed by atoms with Crippen LogP contribution < -0.4 is 0 Å². The van der Waals surface area contributed by atoms with Crippen molar-refractivity contribution in [3.63, 3.8) is 0 Å². The predicted molar refractivity (Wildman–Crippen MR) is 304 cm³/mol. The number of hydrogen-bond acceptors (Lipinski definition) is 25. The van der Waals surface area contributed by atoms with E-state index in [1.807, 2.05) is 6.92 Å². The molecule has 478 valence electrons. The summed E-state index contributed by atoms with van der Waals surface area (Å²) in [6, 6.07) is 38.8. The highest BCUT2D eigenvalue weighted by molar-refractivity contribution is 5.91. The predicted octanol–water partition coefficient (Wildman–Crippen LogP) is 2.67. The van der Waals surface area contributed by atoms with E-state index in [1.54, 1.807) is 91.0 Å². The molecular weight excluding hydrogens is 1170 g/mol. The molecule has 4 aliphatic rings. The number of aliphatic hydroxyl groups is 7. The van der Waals surface area contributed by atoms with Gasteiger partial charge in [-0.05, 0) is 67.1 Å². The molecule has 0 aliphatic carbocycles. The number of esters is 5. The van der Waals surface area contributed by atoms with Crippen molar-refractivity contribution in [3.05, 3.63) is 179 Å². The van der Waals surface area contributed by atoms with E-state index in [-0.39, 0.29) is 34.4 Å². The second kappa shape index (κ2) is 31.5. The largest absolute Gasteiger partial charge is 0.459 e. The van der Waals surface area contributed by atoms with Crippen molar-refractivity contribution in [2.45, 2.75) is 143 Å². The fourth-order valence-electron chi connectivity index (χ4n) is 10.4. The topological polar surface area (TPSA) is 347 Å². The van der Waals surface area contributed by atoms with E-state index in [0.29, 0.717) is 12.8 Å². The summed E-state index contributed by atoms with van der Waals surface area (Å²) in [4.78, 5) is 71.0.